The number of carbonyl (C=O) groups is 1. The summed E-state index contributed by atoms with van der Waals surface area (Å²) in [5, 5.41) is 0.784. The second kappa shape index (κ2) is 4.27. The van der Waals surface area contributed by atoms with Crippen molar-refractivity contribution in [3.05, 3.63) is 0 Å². The Morgan fingerprint density at radius 1 is 1.31 bits per heavy atom. The average molecular weight is 309 g/mol. The molecule has 1 saturated carbocycles. The number of amides is 1. The first-order valence-corrected chi connectivity index (χ1v) is 7.70. The first kappa shape index (κ1) is 9.92. The zero-order valence-electron chi connectivity index (χ0n) is 7.49. The Labute approximate surface area is 92.9 Å². The summed E-state index contributed by atoms with van der Waals surface area (Å²) >= 11 is 3.48. The summed E-state index contributed by atoms with van der Waals surface area (Å²) in [5.74, 6) is 0.362. The van der Waals surface area contributed by atoms with Crippen LogP contribution in [0, 0.1) is 0 Å². The molecule has 2 fully saturated rings. The van der Waals surface area contributed by atoms with Gasteiger partial charge >= 0.3 is 93.0 Å². The number of carbonyl (C=O) groups excluding carboxylic acids is 1. The van der Waals surface area contributed by atoms with Gasteiger partial charge in [0.05, 0.1) is 0 Å². The molecule has 0 radical (unpaired) electrons. The maximum absolute atomic E-state index is 11.6. The molecule has 0 spiro atoms. The second-order valence-corrected chi connectivity index (χ2v) is 7.75. The Hall–Kier alpha value is 0.379. The molecule has 72 valence electrons. The van der Waals surface area contributed by atoms with Gasteiger partial charge in [-0.3, -0.25) is 0 Å². The van der Waals surface area contributed by atoms with Gasteiger partial charge in [0.1, 0.15) is 0 Å². The average Bonchev–Trinajstić information content (AvgIpc) is 2.48. The third-order valence-corrected chi connectivity index (χ3v) is 6.17. The van der Waals surface area contributed by atoms with Gasteiger partial charge in [-0.25, -0.2) is 0 Å². The zero-order chi connectivity index (χ0) is 9.26. The number of hydrogen-bond donors (Lipinski definition) is 0. The molecule has 1 aliphatic heterocycles. The van der Waals surface area contributed by atoms with Gasteiger partial charge < -0.3 is 0 Å². The fraction of sp³-hybridized carbons (Fsp3) is 0.778. The SMILES string of the molecule is O=C1C[Se]C(=[Se])N1C1CCCCC1. The Bertz CT molecular complexity index is 220. The Morgan fingerprint density at radius 2 is 2.00 bits per heavy atom. The van der Waals surface area contributed by atoms with Crippen molar-refractivity contribution in [1.29, 1.82) is 0 Å². The molecule has 0 aromatic carbocycles. The van der Waals surface area contributed by atoms with Crippen molar-refractivity contribution in [2.75, 3.05) is 0 Å². The van der Waals surface area contributed by atoms with Crippen LogP contribution in [0.15, 0.2) is 0 Å². The van der Waals surface area contributed by atoms with Gasteiger partial charge in [-0.1, -0.05) is 0 Å². The van der Waals surface area contributed by atoms with Crippen molar-refractivity contribution >= 4 is 39.9 Å². The molecule has 0 aromatic rings. The molecule has 4 heteroatoms. The first-order valence-electron chi connectivity index (χ1n) is 4.78. The van der Waals surface area contributed by atoms with E-state index in [1.807, 2.05) is 0 Å². The van der Waals surface area contributed by atoms with E-state index in [2.05, 4.69) is 20.5 Å². The quantitative estimate of drug-likeness (QED) is 0.648. The molecular formula is C9H13NOSe2. The van der Waals surface area contributed by atoms with Crippen LogP contribution < -0.4 is 0 Å². The molecule has 2 rings (SSSR count). The molecule has 0 unspecified atom stereocenters. The van der Waals surface area contributed by atoms with Gasteiger partial charge in [-0.05, 0) is 0 Å². The number of rotatable bonds is 1. The molecule has 0 aromatic heterocycles. The van der Waals surface area contributed by atoms with Crippen molar-refractivity contribution in [3.63, 3.8) is 0 Å². The summed E-state index contributed by atoms with van der Waals surface area (Å²) in [6.07, 6.45) is 6.38. The van der Waals surface area contributed by atoms with Crippen LogP contribution in [0.25, 0.3) is 0 Å². The molecule has 2 nitrogen and oxygen atoms in total. The second-order valence-electron chi connectivity index (χ2n) is 3.61. The van der Waals surface area contributed by atoms with E-state index in [4.69, 9.17) is 0 Å². The minimum absolute atomic E-state index is 0.362. The fourth-order valence-corrected chi connectivity index (χ4v) is 4.85. The van der Waals surface area contributed by atoms with E-state index >= 15 is 0 Å². The Kier molecular flexibility index (Phi) is 3.26. The van der Waals surface area contributed by atoms with E-state index in [1.54, 1.807) is 0 Å². The third kappa shape index (κ3) is 2.07. The molecule has 13 heavy (non-hydrogen) atoms. The van der Waals surface area contributed by atoms with Crippen LogP contribution in [0.2, 0.25) is 5.32 Å². The summed E-state index contributed by atoms with van der Waals surface area (Å²) in [7, 11) is 0. The van der Waals surface area contributed by atoms with Gasteiger partial charge in [-0.2, -0.15) is 0 Å². The molecule has 2 aliphatic rings. The van der Waals surface area contributed by atoms with Crippen molar-refractivity contribution in [2.24, 2.45) is 0 Å². The maximum atomic E-state index is 11.6. The first-order chi connectivity index (χ1) is 6.29. The van der Waals surface area contributed by atoms with Crippen LogP contribution in [0.3, 0.4) is 0 Å². The van der Waals surface area contributed by atoms with Gasteiger partial charge in [-0.15, -0.1) is 0 Å². The van der Waals surface area contributed by atoms with Gasteiger partial charge in [0.15, 0.2) is 0 Å². The van der Waals surface area contributed by atoms with Gasteiger partial charge in [0.25, 0.3) is 0 Å². The van der Waals surface area contributed by atoms with Crippen LogP contribution in [0.5, 0.6) is 0 Å². The molecular weight excluding hydrogens is 296 g/mol. The Morgan fingerprint density at radius 3 is 2.54 bits per heavy atom. The van der Waals surface area contributed by atoms with E-state index in [1.165, 1.54) is 35.5 Å². The minimum atomic E-state index is 0.362. The summed E-state index contributed by atoms with van der Waals surface area (Å²) in [5.41, 5.74) is 0. The van der Waals surface area contributed by atoms with E-state index in [-0.39, 0.29) is 0 Å². The molecule has 0 bridgehead atoms. The van der Waals surface area contributed by atoms with Crippen LogP contribution in [0.4, 0.5) is 0 Å². The summed E-state index contributed by atoms with van der Waals surface area (Å²) in [4.78, 5) is 13.6. The van der Waals surface area contributed by atoms with Crippen LogP contribution in [0.1, 0.15) is 32.1 Å². The van der Waals surface area contributed by atoms with E-state index in [0.717, 1.165) is 5.32 Å². The van der Waals surface area contributed by atoms with Crippen molar-refractivity contribution in [2.45, 2.75) is 43.5 Å². The topological polar surface area (TPSA) is 20.3 Å². The van der Waals surface area contributed by atoms with Gasteiger partial charge in [0.2, 0.25) is 0 Å². The molecule has 1 aliphatic carbocycles. The van der Waals surface area contributed by atoms with E-state index < -0.39 is 0 Å². The third-order valence-electron chi connectivity index (χ3n) is 2.72. The zero-order valence-corrected chi connectivity index (χ0v) is 10.9. The number of hydrogen-bond acceptors (Lipinski definition) is 1. The van der Waals surface area contributed by atoms with E-state index in [0.29, 0.717) is 26.9 Å². The Balaban J connectivity index is 2.05. The molecule has 0 N–H and O–H groups in total. The van der Waals surface area contributed by atoms with Crippen molar-refractivity contribution in [1.82, 2.24) is 4.90 Å². The predicted molar refractivity (Wildman–Crippen MR) is 55.0 cm³/mol. The standard InChI is InChI=1S/C9H13NOSe2/c11-8-6-13-9(12)10(8)7-4-2-1-3-5-7/h7H,1-6H2. The molecule has 1 saturated heterocycles. The van der Waals surface area contributed by atoms with Gasteiger partial charge in [0, 0.05) is 0 Å². The summed E-state index contributed by atoms with van der Waals surface area (Å²) in [6, 6.07) is 0.530. The summed E-state index contributed by atoms with van der Waals surface area (Å²) in [6.45, 7) is 0. The molecule has 1 amide bonds. The van der Waals surface area contributed by atoms with Crippen LogP contribution in [-0.2, 0) is 4.79 Å². The molecule has 1 heterocycles. The van der Waals surface area contributed by atoms with Crippen LogP contribution in [-0.4, -0.2) is 50.8 Å². The number of nitrogens with zero attached hydrogens (tertiary/aromatic N) is 1. The predicted octanol–water partition coefficient (Wildman–Crippen LogP) is 0.540. The van der Waals surface area contributed by atoms with Crippen molar-refractivity contribution < 1.29 is 4.79 Å². The molecule has 0 atom stereocenters. The van der Waals surface area contributed by atoms with Crippen molar-refractivity contribution in [3.8, 4) is 0 Å². The van der Waals surface area contributed by atoms with E-state index in [9.17, 15) is 4.79 Å². The summed E-state index contributed by atoms with van der Waals surface area (Å²) < 4.78 is 1.24. The monoisotopic (exact) mass is 311 g/mol. The van der Waals surface area contributed by atoms with Crippen LogP contribution >= 0.6 is 0 Å². The fourth-order valence-electron chi connectivity index (χ4n) is 2.06. The normalized spacial score (nSPS) is 25.7.